The molecule has 3 nitrogen and oxygen atoms in total. The molecule has 3 fully saturated rings. The molecule has 2 N–H and O–H groups in total. The molecule has 3 heteroatoms. The second-order valence-corrected chi connectivity index (χ2v) is 6.08. The lowest BCUT2D eigenvalue weighted by Gasteiger charge is -2.26. The number of fused-ring (bicyclic) bond motifs is 1. The van der Waals surface area contributed by atoms with Gasteiger partial charge in [-0.1, -0.05) is 0 Å². The van der Waals surface area contributed by atoms with E-state index in [9.17, 15) is 4.79 Å². The Hall–Kier alpha value is -0.570. The molecule has 1 heterocycles. The Balaban J connectivity index is 1.46. The highest BCUT2D eigenvalue weighted by molar-refractivity contribution is 5.77. The van der Waals surface area contributed by atoms with E-state index in [-0.39, 0.29) is 11.8 Å². The van der Waals surface area contributed by atoms with Gasteiger partial charge in [-0.2, -0.15) is 0 Å². The van der Waals surface area contributed by atoms with E-state index < -0.39 is 0 Å². The summed E-state index contributed by atoms with van der Waals surface area (Å²) >= 11 is 0. The minimum atomic E-state index is -0.103. The fourth-order valence-electron chi connectivity index (χ4n) is 3.71. The molecule has 2 aliphatic carbocycles. The number of nitrogens with two attached hydrogens (primary N) is 1. The van der Waals surface area contributed by atoms with Crippen molar-refractivity contribution in [1.29, 1.82) is 0 Å². The Morgan fingerprint density at radius 2 is 2.06 bits per heavy atom. The van der Waals surface area contributed by atoms with Gasteiger partial charge in [-0.25, -0.2) is 0 Å². The van der Waals surface area contributed by atoms with E-state index in [1.165, 1.54) is 32.2 Å². The third kappa shape index (κ3) is 2.10. The number of hydrogen-bond donors (Lipinski definition) is 1. The molecule has 0 aromatic carbocycles. The standard InChI is InChI=1S/C13H22N2O/c14-13(16)11-3-4-15(8-11)7-9-1-2-10-6-12(10)5-9/h9-12H,1-8H2,(H2,14,16). The predicted molar refractivity (Wildman–Crippen MR) is 62.7 cm³/mol. The summed E-state index contributed by atoms with van der Waals surface area (Å²) < 4.78 is 0. The van der Waals surface area contributed by atoms with Crippen LogP contribution in [0.1, 0.15) is 32.1 Å². The number of likely N-dealkylation sites (tertiary alicyclic amines) is 1. The van der Waals surface area contributed by atoms with Crippen LogP contribution in [0.15, 0.2) is 0 Å². The Kier molecular flexibility index (Phi) is 2.66. The first-order valence-electron chi connectivity index (χ1n) is 6.74. The lowest BCUT2D eigenvalue weighted by atomic mass is 9.89. The first kappa shape index (κ1) is 10.6. The summed E-state index contributed by atoms with van der Waals surface area (Å²) in [7, 11) is 0. The molecule has 3 aliphatic rings. The molecular weight excluding hydrogens is 200 g/mol. The van der Waals surface area contributed by atoms with Crippen molar-refractivity contribution in [3.05, 3.63) is 0 Å². The molecule has 0 aromatic heterocycles. The van der Waals surface area contributed by atoms with Crippen molar-refractivity contribution in [2.75, 3.05) is 19.6 Å². The molecule has 0 radical (unpaired) electrons. The SMILES string of the molecule is NC(=O)C1CCN(CC2CCC3CC3C2)C1. The zero-order valence-electron chi connectivity index (χ0n) is 9.90. The Labute approximate surface area is 97.4 Å². The van der Waals surface area contributed by atoms with Gasteiger partial charge in [-0.15, -0.1) is 0 Å². The normalized spacial score (nSPS) is 43.0. The van der Waals surface area contributed by atoms with E-state index in [1.807, 2.05) is 0 Å². The van der Waals surface area contributed by atoms with E-state index in [1.54, 1.807) is 0 Å². The van der Waals surface area contributed by atoms with Crippen LogP contribution >= 0.6 is 0 Å². The van der Waals surface area contributed by atoms with Crippen LogP contribution in [0.2, 0.25) is 0 Å². The number of carbonyl (C=O) groups is 1. The molecule has 3 rings (SSSR count). The second-order valence-electron chi connectivity index (χ2n) is 6.08. The second kappa shape index (κ2) is 4.02. The molecule has 0 aromatic rings. The van der Waals surface area contributed by atoms with Crippen LogP contribution in [0.4, 0.5) is 0 Å². The Morgan fingerprint density at radius 3 is 2.75 bits per heavy atom. The average molecular weight is 222 g/mol. The number of carbonyl (C=O) groups excluding carboxylic acids is 1. The van der Waals surface area contributed by atoms with E-state index in [2.05, 4.69) is 4.90 Å². The number of primary amides is 1. The van der Waals surface area contributed by atoms with Gasteiger partial charge in [-0.05, 0) is 56.4 Å². The van der Waals surface area contributed by atoms with Crippen molar-refractivity contribution in [2.24, 2.45) is 29.4 Å². The highest BCUT2D eigenvalue weighted by Crippen LogP contribution is 2.51. The van der Waals surface area contributed by atoms with Gasteiger partial charge >= 0.3 is 0 Å². The number of hydrogen-bond acceptors (Lipinski definition) is 2. The van der Waals surface area contributed by atoms with Crippen LogP contribution in [-0.2, 0) is 4.79 Å². The van der Waals surface area contributed by atoms with Crippen molar-refractivity contribution in [2.45, 2.75) is 32.1 Å². The van der Waals surface area contributed by atoms with E-state index >= 15 is 0 Å². The molecule has 2 saturated carbocycles. The Bertz CT molecular complexity index is 292. The van der Waals surface area contributed by atoms with Crippen molar-refractivity contribution in [1.82, 2.24) is 4.90 Å². The zero-order valence-corrected chi connectivity index (χ0v) is 9.90. The number of nitrogens with zero attached hydrogens (tertiary/aromatic N) is 1. The van der Waals surface area contributed by atoms with Crippen LogP contribution < -0.4 is 5.73 Å². The van der Waals surface area contributed by atoms with Crippen LogP contribution in [0.25, 0.3) is 0 Å². The molecule has 4 unspecified atom stereocenters. The minimum Gasteiger partial charge on any atom is -0.369 e. The third-order valence-electron chi connectivity index (χ3n) is 4.84. The molecule has 4 atom stereocenters. The third-order valence-corrected chi connectivity index (χ3v) is 4.84. The van der Waals surface area contributed by atoms with Crippen LogP contribution in [0.3, 0.4) is 0 Å². The highest BCUT2D eigenvalue weighted by atomic mass is 16.1. The van der Waals surface area contributed by atoms with Crippen molar-refractivity contribution >= 4 is 5.91 Å². The summed E-state index contributed by atoms with van der Waals surface area (Å²) in [5.41, 5.74) is 5.36. The topological polar surface area (TPSA) is 46.3 Å². The van der Waals surface area contributed by atoms with Crippen molar-refractivity contribution in [3.63, 3.8) is 0 Å². The maximum atomic E-state index is 11.1. The average Bonchev–Trinajstić information content (AvgIpc) is 2.86. The van der Waals surface area contributed by atoms with Gasteiger partial charge in [0.05, 0.1) is 5.92 Å². The summed E-state index contributed by atoms with van der Waals surface area (Å²) in [6, 6.07) is 0. The van der Waals surface area contributed by atoms with E-state index in [0.717, 1.165) is 37.3 Å². The summed E-state index contributed by atoms with van der Waals surface area (Å²) in [6.07, 6.45) is 6.80. The van der Waals surface area contributed by atoms with Gasteiger partial charge in [0, 0.05) is 13.1 Å². The lowest BCUT2D eigenvalue weighted by Crippen LogP contribution is -2.31. The Morgan fingerprint density at radius 1 is 1.19 bits per heavy atom. The smallest absolute Gasteiger partial charge is 0.221 e. The lowest BCUT2D eigenvalue weighted by molar-refractivity contribution is -0.121. The maximum Gasteiger partial charge on any atom is 0.221 e. The molecule has 90 valence electrons. The van der Waals surface area contributed by atoms with E-state index in [0.29, 0.717) is 0 Å². The molecule has 1 amide bonds. The molecular formula is C13H22N2O. The maximum absolute atomic E-state index is 11.1. The van der Waals surface area contributed by atoms with Gasteiger partial charge in [0.15, 0.2) is 0 Å². The summed E-state index contributed by atoms with van der Waals surface area (Å²) in [4.78, 5) is 13.6. The summed E-state index contributed by atoms with van der Waals surface area (Å²) in [5.74, 6) is 3.07. The highest BCUT2D eigenvalue weighted by Gasteiger charge is 2.42. The largest absolute Gasteiger partial charge is 0.369 e. The fourth-order valence-corrected chi connectivity index (χ4v) is 3.71. The molecule has 16 heavy (non-hydrogen) atoms. The number of amides is 1. The van der Waals surface area contributed by atoms with Gasteiger partial charge in [0.1, 0.15) is 0 Å². The zero-order chi connectivity index (χ0) is 11.1. The van der Waals surface area contributed by atoms with Crippen LogP contribution in [0.5, 0.6) is 0 Å². The predicted octanol–water partition coefficient (Wildman–Crippen LogP) is 1.23. The molecule has 1 aliphatic heterocycles. The van der Waals surface area contributed by atoms with Gasteiger partial charge in [0.2, 0.25) is 5.91 Å². The van der Waals surface area contributed by atoms with Gasteiger partial charge in [-0.3, -0.25) is 4.79 Å². The van der Waals surface area contributed by atoms with Crippen molar-refractivity contribution in [3.8, 4) is 0 Å². The first-order chi connectivity index (χ1) is 7.72. The summed E-state index contributed by atoms with van der Waals surface area (Å²) in [6.45, 7) is 3.21. The summed E-state index contributed by atoms with van der Waals surface area (Å²) in [5, 5.41) is 0. The minimum absolute atomic E-state index is 0.103. The van der Waals surface area contributed by atoms with Crippen LogP contribution in [-0.4, -0.2) is 30.4 Å². The molecule has 0 spiro atoms. The first-order valence-corrected chi connectivity index (χ1v) is 6.74. The van der Waals surface area contributed by atoms with Crippen molar-refractivity contribution < 1.29 is 4.79 Å². The quantitative estimate of drug-likeness (QED) is 0.780. The number of rotatable bonds is 3. The van der Waals surface area contributed by atoms with Gasteiger partial charge in [0.25, 0.3) is 0 Å². The van der Waals surface area contributed by atoms with Gasteiger partial charge < -0.3 is 10.6 Å². The van der Waals surface area contributed by atoms with Crippen LogP contribution in [0, 0.1) is 23.7 Å². The molecule has 0 bridgehead atoms. The molecule has 1 saturated heterocycles. The monoisotopic (exact) mass is 222 g/mol. The van der Waals surface area contributed by atoms with E-state index in [4.69, 9.17) is 5.73 Å². The fraction of sp³-hybridized carbons (Fsp3) is 0.923.